The molecule has 0 spiro atoms. The smallest absolute Gasteiger partial charge is 0.126 e. The molecule has 1 aliphatic heterocycles. The fraction of sp³-hybridized carbons (Fsp3) is 0.105. The molecule has 3 aromatic carbocycles. The summed E-state index contributed by atoms with van der Waals surface area (Å²) in [5, 5.41) is 7.97. The van der Waals surface area contributed by atoms with Crippen molar-refractivity contribution >= 4 is 27.6 Å². The fourth-order valence-electron chi connectivity index (χ4n) is 2.83. The minimum atomic E-state index is 0.112. The van der Waals surface area contributed by atoms with Crippen LogP contribution in [0.25, 0.3) is 10.8 Å². The van der Waals surface area contributed by atoms with Crippen molar-refractivity contribution in [3.05, 3.63) is 77.9 Å². The molecule has 3 aromatic rings. The third-order valence-electron chi connectivity index (χ3n) is 3.95. The summed E-state index contributed by atoms with van der Waals surface area (Å²) in [6.07, 6.45) is 0. The van der Waals surface area contributed by atoms with Crippen LogP contribution in [-0.4, -0.2) is 12.2 Å². The summed E-state index contributed by atoms with van der Waals surface area (Å²) in [6.45, 7) is 0. The molecule has 1 aliphatic rings. The van der Waals surface area contributed by atoms with Gasteiger partial charge in [-0.2, -0.15) is 5.10 Å². The van der Waals surface area contributed by atoms with E-state index in [1.165, 1.54) is 10.9 Å². The number of benzene rings is 3. The van der Waals surface area contributed by atoms with Crippen molar-refractivity contribution in [2.24, 2.45) is 5.10 Å². The molecular formula is C19H16N2OS. The highest BCUT2D eigenvalue weighted by Crippen LogP contribution is 2.39. The van der Waals surface area contributed by atoms with E-state index in [0.29, 0.717) is 0 Å². The summed E-state index contributed by atoms with van der Waals surface area (Å²) in [5.41, 5.74) is 5.63. The van der Waals surface area contributed by atoms with E-state index >= 15 is 0 Å². The maximum Gasteiger partial charge on any atom is 0.126 e. The van der Waals surface area contributed by atoms with E-state index in [9.17, 15) is 0 Å². The standard InChI is InChI=1S/C19H16N2OS/c1-22-17-12-11-16(14-9-5-6-10-15(14)17)19-21-20-18(23-19)13-7-3-2-4-8-13/h2-12,19,21H,1H3/t19-/m0/s1. The monoisotopic (exact) mass is 320 g/mol. The molecule has 1 atom stereocenters. The second-order valence-corrected chi connectivity index (χ2v) is 6.41. The van der Waals surface area contributed by atoms with Crippen molar-refractivity contribution in [1.29, 1.82) is 0 Å². The molecule has 0 aromatic heterocycles. The molecular weight excluding hydrogens is 304 g/mol. The second kappa shape index (κ2) is 5.97. The van der Waals surface area contributed by atoms with Crippen molar-refractivity contribution in [1.82, 2.24) is 5.43 Å². The maximum atomic E-state index is 5.48. The largest absolute Gasteiger partial charge is 0.496 e. The van der Waals surface area contributed by atoms with Crippen LogP contribution in [0.4, 0.5) is 0 Å². The van der Waals surface area contributed by atoms with Gasteiger partial charge < -0.3 is 4.74 Å². The lowest BCUT2D eigenvalue weighted by atomic mass is 10.0. The molecule has 3 nitrogen and oxygen atoms in total. The number of fused-ring (bicyclic) bond motifs is 1. The van der Waals surface area contributed by atoms with Crippen molar-refractivity contribution < 1.29 is 4.74 Å². The van der Waals surface area contributed by atoms with Crippen LogP contribution in [0.1, 0.15) is 16.5 Å². The minimum Gasteiger partial charge on any atom is -0.496 e. The van der Waals surface area contributed by atoms with Gasteiger partial charge in [-0.25, -0.2) is 0 Å². The average Bonchev–Trinajstić information content (AvgIpc) is 3.11. The molecule has 0 aliphatic carbocycles. The molecule has 1 heterocycles. The van der Waals surface area contributed by atoms with Gasteiger partial charge >= 0.3 is 0 Å². The molecule has 1 N–H and O–H groups in total. The number of hydrogen-bond acceptors (Lipinski definition) is 4. The van der Waals surface area contributed by atoms with E-state index in [1.54, 1.807) is 18.9 Å². The first-order valence-electron chi connectivity index (χ1n) is 7.48. The number of hydrazone groups is 1. The quantitative estimate of drug-likeness (QED) is 0.769. The zero-order chi connectivity index (χ0) is 15.6. The molecule has 0 bridgehead atoms. The van der Waals surface area contributed by atoms with Crippen molar-refractivity contribution in [2.75, 3.05) is 7.11 Å². The van der Waals surface area contributed by atoms with Gasteiger partial charge in [-0.3, -0.25) is 5.43 Å². The Labute approximate surface area is 139 Å². The predicted molar refractivity (Wildman–Crippen MR) is 96.9 cm³/mol. The lowest BCUT2D eigenvalue weighted by Gasteiger charge is -2.15. The van der Waals surface area contributed by atoms with Gasteiger partial charge in [0, 0.05) is 10.9 Å². The van der Waals surface area contributed by atoms with Gasteiger partial charge in [0.05, 0.1) is 7.11 Å². The van der Waals surface area contributed by atoms with Crippen LogP contribution in [-0.2, 0) is 0 Å². The highest BCUT2D eigenvalue weighted by molar-refractivity contribution is 8.14. The molecule has 0 fully saturated rings. The Bertz CT molecular complexity index is 877. The zero-order valence-corrected chi connectivity index (χ0v) is 13.5. The van der Waals surface area contributed by atoms with Crippen LogP contribution in [0.2, 0.25) is 0 Å². The van der Waals surface area contributed by atoms with E-state index < -0.39 is 0 Å². The Kier molecular flexibility index (Phi) is 3.67. The van der Waals surface area contributed by atoms with Gasteiger partial charge in [-0.05, 0) is 17.0 Å². The number of methoxy groups -OCH3 is 1. The fourth-order valence-corrected chi connectivity index (χ4v) is 3.87. The number of nitrogens with one attached hydrogen (secondary N) is 1. The number of rotatable bonds is 3. The third kappa shape index (κ3) is 2.55. The maximum absolute atomic E-state index is 5.48. The summed E-state index contributed by atoms with van der Waals surface area (Å²) in [4.78, 5) is 0. The zero-order valence-electron chi connectivity index (χ0n) is 12.7. The minimum absolute atomic E-state index is 0.112. The Morgan fingerprint density at radius 3 is 2.43 bits per heavy atom. The van der Waals surface area contributed by atoms with Crippen LogP contribution in [0.3, 0.4) is 0 Å². The molecule has 0 radical (unpaired) electrons. The first kappa shape index (κ1) is 14.2. The van der Waals surface area contributed by atoms with Gasteiger partial charge in [0.2, 0.25) is 0 Å². The molecule has 4 rings (SSSR count). The highest BCUT2D eigenvalue weighted by atomic mass is 32.2. The van der Waals surface area contributed by atoms with Crippen LogP contribution in [0.15, 0.2) is 71.8 Å². The Hall–Kier alpha value is -2.46. The SMILES string of the molecule is COc1ccc([C@H]2NN=C(c3ccccc3)S2)c2ccccc12. The Balaban J connectivity index is 1.70. The van der Waals surface area contributed by atoms with Gasteiger partial charge in [-0.1, -0.05) is 72.4 Å². The molecule has 4 heteroatoms. The van der Waals surface area contributed by atoms with E-state index in [-0.39, 0.29) is 5.37 Å². The summed E-state index contributed by atoms with van der Waals surface area (Å²) < 4.78 is 5.48. The number of hydrogen-bond donors (Lipinski definition) is 1. The Morgan fingerprint density at radius 1 is 0.913 bits per heavy atom. The van der Waals surface area contributed by atoms with Gasteiger partial charge in [0.25, 0.3) is 0 Å². The van der Waals surface area contributed by atoms with Crippen LogP contribution < -0.4 is 10.2 Å². The molecule has 0 saturated carbocycles. The molecule has 0 amide bonds. The van der Waals surface area contributed by atoms with E-state index in [1.807, 2.05) is 30.3 Å². The van der Waals surface area contributed by atoms with Crippen molar-refractivity contribution in [2.45, 2.75) is 5.37 Å². The topological polar surface area (TPSA) is 33.6 Å². The first-order valence-corrected chi connectivity index (χ1v) is 8.36. The normalized spacial score (nSPS) is 16.9. The van der Waals surface area contributed by atoms with E-state index in [4.69, 9.17) is 4.74 Å². The lowest BCUT2D eigenvalue weighted by Crippen LogP contribution is -2.07. The third-order valence-corrected chi connectivity index (χ3v) is 5.10. The molecule has 114 valence electrons. The molecule has 23 heavy (non-hydrogen) atoms. The van der Waals surface area contributed by atoms with Crippen LogP contribution in [0, 0.1) is 0 Å². The van der Waals surface area contributed by atoms with Gasteiger partial charge in [0.1, 0.15) is 16.2 Å². The van der Waals surface area contributed by atoms with Crippen LogP contribution in [0.5, 0.6) is 5.75 Å². The van der Waals surface area contributed by atoms with Crippen molar-refractivity contribution in [3.8, 4) is 5.75 Å². The van der Waals surface area contributed by atoms with Gasteiger partial charge in [0.15, 0.2) is 0 Å². The van der Waals surface area contributed by atoms with E-state index in [2.05, 4.69) is 46.9 Å². The summed E-state index contributed by atoms with van der Waals surface area (Å²) in [5.74, 6) is 0.900. The molecule has 0 saturated heterocycles. The molecule has 0 unspecified atom stereocenters. The summed E-state index contributed by atoms with van der Waals surface area (Å²) in [6, 6.07) is 22.7. The summed E-state index contributed by atoms with van der Waals surface area (Å²) in [7, 11) is 1.71. The lowest BCUT2D eigenvalue weighted by molar-refractivity contribution is 0.419. The second-order valence-electron chi connectivity index (χ2n) is 5.31. The first-order chi connectivity index (χ1) is 11.4. The number of thioether (sulfide) groups is 1. The number of ether oxygens (including phenoxy) is 1. The highest BCUT2D eigenvalue weighted by Gasteiger charge is 2.24. The predicted octanol–water partition coefficient (Wildman–Crippen LogP) is 4.55. The van der Waals surface area contributed by atoms with Crippen LogP contribution >= 0.6 is 11.8 Å². The Morgan fingerprint density at radius 2 is 1.65 bits per heavy atom. The summed E-state index contributed by atoms with van der Waals surface area (Å²) >= 11 is 1.74. The van der Waals surface area contributed by atoms with Crippen molar-refractivity contribution in [3.63, 3.8) is 0 Å². The average molecular weight is 320 g/mol. The van der Waals surface area contributed by atoms with Gasteiger partial charge in [-0.15, -0.1) is 0 Å². The van der Waals surface area contributed by atoms with E-state index in [0.717, 1.165) is 21.7 Å². The number of nitrogens with zero attached hydrogens (tertiary/aromatic N) is 1.